The second-order valence-electron chi connectivity index (χ2n) is 4.79. The van der Waals surface area contributed by atoms with Crippen LogP contribution in [0, 0.1) is 5.92 Å². The van der Waals surface area contributed by atoms with Crippen LogP contribution in [0.15, 0.2) is 6.33 Å². The van der Waals surface area contributed by atoms with Gasteiger partial charge >= 0.3 is 0 Å². The monoisotopic (exact) mass is 325 g/mol. The van der Waals surface area contributed by atoms with E-state index in [-0.39, 0.29) is 28.0 Å². The van der Waals surface area contributed by atoms with Crippen molar-refractivity contribution in [3.63, 3.8) is 0 Å². The van der Waals surface area contributed by atoms with Crippen LogP contribution in [0.3, 0.4) is 0 Å². The fourth-order valence-electron chi connectivity index (χ4n) is 2.23. The molecule has 0 aliphatic carbocycles. The van der Waals surface area contributed by atoms with Crippen molar-refractivity contribution in [3.05, 3.63) is 11.5 Å². The zero-order chi connectivity index (χ0) is 15.0. The van der Waals surface area contributed by atoms with Gasteiger partial charge in [-0.15, -0.1) is 0 Å². The van der Waals surface area contributed by atoms with Crippen LogP contribution in [-0.2, 0) is 9.59 Å². The van der Waals surface area contributed by atoms with Crippen LogP contribution in [0.25, 0.3) is 11.2 Å². The minimum atomic E-state index is -0.0601. The number of fused-ring (bicyclic) bond motifs is 1. The van der Waals surface area contributed by atoms with Gasteiger partial charge in [0.1, 0.15) is 5.52 Å². The molecule has 1 saturated heterocycles. The number of halogens is 1. The number of anilines is 1. The highest BCUT2D eigenvalue weighted by Gasteiger charge is 2.33. The lowest BCUT2D eigenvalue weighted by Crippen LogP contribution is -2.27. The highest BCUT2D eigenvalue weighted by Crippen LogP contribution is 2.27. The Morgan fingerprint density at radius 2 is 2.38 bits per heavy atom. The second-order valence-corrected chi connectivity index (χ2v) is 6.35. The van der Waals surface area contributed by atoms with Crippen molar-refractivity contribution < 1.29 is 9.59 Å². The Morgan fingerprint density at radius 3 is 3.14 bits per heavy atom. The van der Waals surface area contributed by atoms with Crippen molar-refractivity contribution in [3.8, 4) is 0 Å². The summed E-state index contributed by atoms with van der Waals surface area (Å²) in [7, 11) is 0. The van der Waals surface area contributed by atoms with E-state index in [1.807, 2.05) is 0 Å². The maximum absolute atomic E-state index is 12.1. The maximum Gasteiger partial charge on any atom is 0.235 e. The van der Waals surface area contributed by atoms with E-state index in [9.17, 15) is 9.59 Å². The Bertz CT molecular complexity index is 719. The zero-order valence-corrected chi connectivity index (χ0v) is 12.7. The molecule has 2 aromatic heterocycles. The molecule has 1 atom stereocenters. The molecular formula is C12H12ClN5O2S. The molecule has 1 unspecified atom stereocenters. The van der Waals surface area contributed by atoms with Crippen LogP contribution >= 0.6 is 23.4 Å². The lowest BCUT2D eigenvalue weighted by atomic mass is 10.1. The van der Waals surface area contributed by atoms with Crippen molar-refractivity contribution in [2.24, 2.45) is 5.92 Å². The van der Waals surface area contributed by atoms with E-state index in [1.165, 1.54) is 29.9 Å². The van der Waals surface area contributed by atoms with Gasteiger partial charge in [-0.05, 0) is 5.92 Å². The van der Waals surface area contributed by atoms with Crippen LogP contribution in [0.5, 0.6) is 0 Å². The third-order valence-electron chi connectivity index (χ3n) is 3.20. The number of rotatable bonds is 3. The first kappa shape index (κ1) is 14.3. The van der Waals surface area contributed by atoms with E-state index in [0.717, 1.165) is 0 Å². The van der Waals surface area contributed by atoms with E-state index in [1.54, 1.807) is 0 Å². The first-order valence-electron chi connectivity index (χ1n) is 6.35. The smallest absolute Gasteiger partial charge is 0.235 e. The molecular weight excluding hydrogens is 314 g/mol. The molecule has 7 nitrogen and oxygen atoms in total. The fraction of sp³-hybridized carbons (Fsp3) is 0.417. The molecule has 0 radical (unpaired) electrons. The van der Waals surface area contributed by atoms with Gasteiger partial charge < -0.3 is 4.98 Å². The molecule has 1 amide bonds. The number of nitrogens with one attached hydrogen (secondary N) is 1. The average Bonchev–Trinajstić information content (AvgIpc) is 3.02. The summed E-state index contributed by atoms with van der Waals surface area (Å²) >= 11 is 7.29. The number of hydrogen-bond acceptors (Lipinski definition) is 6. The third kappa shape index (κ3) is 2.86. The number of aromatic nitrogens is 4. The summed E-state index contributed by atoms with van der Waals surface area (Å²) in [6, 6.07) is 0. The molecule has 9 heteroatoms. The topological polar surface area (TPSA) is 91.8 Å². The highest BCUT2D eigenvalue weighted by atomic mass is 35.5. The van der Waals surface area contributed by atoms with Gasteiger partial charge in [0.15, 0.2) is 15.9 Å². The summed E-state index contributed by atoms with van der Waals surface area (Å²) in [5.41, 5.74) is 0.982. The van der Waals surface area contributed by atoms with Crippen LogP contribution in [-0.4, -0.2) is 43.3 Å². The Hall–Kier alpha value is -1.67. The molecule has 1 N–H and O–H groups in total. The molecule has 21 heavy (non-hydrogen) atoms. The number of H-pyrrole nitrogens is 1. The summed E-state index contributed by atoms with van der Waals surface area (Å²) in [5.74, 6) is 0.939. The van der Waals surface area contributed by atoms with Gasteiger partial charge in [-0.1, -0.05) is 23.4 Å². The number of nitrogens with zero attached hydrogens (tertiary/aromatic N) is 4. The Labute approximate surface area is 129 Å². The molecule has 3 rings (SSSR count). The normalized spacial score (nSPS) is 18.7. The van der Waals surface area contributed by atoms with Crippen molar-refractivity contribution in [2.75, 3.05) is 17.2 Å². The van der Waals surface area contributed by atoms with Crippen molar-refractivity contribution in [1.29, 1.82) is 0 Å². The largest absolute Gasteiger partial charge is 0.341 e. The molecule has 110 valence electrons. The molecule has 1 aliphatic heterocycles. The molecule has 1 fully saturated rings. The van der Waals surface area contributed by atoms with Gasteiger partial charge in [0.25, 0.3) is 0 Å². The summed E-state index contributed by atoms with van der Waals surface area (Å²) in [6.45, 7) is 2.01. The van der Waals surface area contributed by atoms with E-state index in [4.69, 9.17) is 11.6 Å². The van der Waals surface area contributed by atoms with E-state index >= 15 is 0 Å². The van der Waals surface area contributed by atoms with Crippen molar-refractivity contribution >= 4 is 51.5 Å². The standard InChI is InChI=1S/C12H12ClN5O2S/c1-6(19)21-4-7-2-8(20)18(3-7)12-16-10(13)9-11(17-12)15-5-14-9/h5,7H,2-4H2,1H3,(H,14,15,16,17). The number of aromatic amines is 1. The molecule has 0 aromatic carbocycles. The Morgan fingerprint density at radius 1 is 1.57 bits per heavy atom. The van der Waals surface area contributed by atoms with Crippen LogP contribution < -0.4 is 4.90 Å². The number of hydrogen-bond donors (Lipinski definition) is 1. The van der Waals surface area contributed by atoms with E-state index in [2.05, 4.69) is 19.9 Å². The second kappa shape index (κ2) is 5.61. The number of thioether (sulfide) groups is 1. The number of carbonyl (C=O) groups is 2. The molecule has 1 aliphatic rings. The van der Waals surface area contributed by atoms with Crippen molar-refractivity contribution in [2.45, 2.75) is 13.3 Å². The third-order valence-corrected chi connectivity index (χ3v) is 4.52. The first-order valence-corrected chi connectivity index (χ1v) is 7.71. The zero-order valence-electron chi connectivity index (χ0n) is 11.2. The predicted molar refractivity (Wildman–Crippen MR) is 80.3 cm³/mol. The number of imidazole rings is 1. The van der Waals surface area contributed by atoms with E-state index < -0.39 is 0 Å². The van der Waals surface area contributed by atoms with Gasteiger partial charge in [-0.25, -0.2) is 4.98 Å². The lowest BCUT2D eigenvalue weighted by Gasteiger charge is -2.14. The number of carbonyl (C=O) groups excluding carboxylic acids is 2. The SMILES string of the molecule is CC(=O)SCC1CC(=O)N(c2nc(Cl)c3[nH]cnc3n2)C1. The molecule has 0 spiro atoms. The van der Waals surface area contributed by atoms with Gasteiger partial charge in [-0.2, -0.15) is 9.97 Å². The minimum Gasteiger partial charge on any atom is -0.341 e. The molecule has 0 saturated carbocycles. The van der Waals surface area contributed by atoms with Gasteiger partial charge in [0.05, 0.1) is 6.33 Å². The van der Waals surface area contributed by atoms with Crippen LogP contribution in [0.2, 0.25) is 5.15 Å². The van der Waals surface area contributed by atoms with Gasteiger partial charge in [0, 0.05) is 25.6 Å². The predicted octanol–water partition coefficient (Wildman–Crippen LogP) is 1.64. The molecule has 0 bridgehead atoms. The lowest BCUT2D eigenvalue weighted by molar-refractivity contribution is -0.117. The van der Waals surface area contributed by atoms with Crippen LogP contribution in [0.4, 0.5) is 5.95 Å². The Kier molecular flexibility index (Phi) is 3.81. The first-order chi connectivity index (χ1) is 10.0. The van der Waals surface area contributed by atoms with Crippen LogP contribution in [0.1, 0.15) is 13.3 Å². The summed E-state index contributed by atoms with van der Waals surface area (Å²) in [6.07, 6.45) is 1.87. The molecule has 2 aromatic rings. The quantitative estimate of drug-likeness (QED) is 0.862. The van der Waals surface area contributed by atoms with E-state index in [0.29, 0.717) is 29.9 Å². The van der Waals surface area contributed by atoms with Gasteiger partial charge in [0.2, 0.25) is 11.9 Å². The summed E-state index contributed by atoms with van der Waals surface area (Å²) < 4.78 is 0. The average molecular weight is 326 g/mol. The summed E-state index contributed by atoms with van der Waals surface area (Å²) in [4.78, 5) is 39.9. The fourth-order valence-corrected chi connectivity index (χ4v) is 3.14. The summed E-state index contributed by atoms with van der Waals surface area (Å²) in [5, 5.41) is 0.292. The number of amides is 1. The minimum absolute atomic E-state index is 0.0538. The maximum atomic E-state index is 12.1. The molecule has 3 heterocycles. The Balaban J connectivity index is 1.82. The van der Waals surface area contributed by atoms with Crippen molar-refractivity contribution in [1.82, 2.24) is 19.9 Å². The van der Waals surface area contributed by atoms with Gasteiger partial charge in [-0.3, -0.25) is 14.5 Å². The highest BCUT2D eigenvalue weighted by molar-refractivity contribution is 8.13.